The quantitative estimate of drug-likeness (QED) is 0.865. The highest BCUT2D eigenvalue weighted by Gasteiger charge is 2.07. The number of nitrogens with one attached hydrogen (secondary N) is 1. The van der Waals surface area contributed by atoms with Crippen molar-refractivity contribution < 1.29 is 9.53 Å². The number of carbonyl (C=O) groups excluding carboxylic acids is 1. The third-order valence-electron chi connectivity index (χ3n) is 2.81. The van der Waals surface area contributed by atoms with Gasteiger partial charge in [-0.05, 0) is 36.8 Å². The summed E-state index contributed by atoms with van der Waals surface area (Å²) in [6.07, 6.45) is 1.53. The zero-order valence-corrected chi connectivity index (χ0v) is 11.2. The molecule has 1 heterocycles. The molecule has 0 amide bonds. The van der Waals surface area contributed by atoms with E-state index in [1.165, 1.54) is 13.3 Å². The van der Waals surface area contributed by atoms with Gasteiger partial charge in [-0.3, -0.25) is 0 Å². The lowest BCUT2D eigenvalue weighted by Gasteiger charge is -2.09. The van der Waals surface area contributed by atoms with Gasteiger partial charge in [0, 0.05) is 11.9 Å². The molecular formula is C15H13N3O2. The van der Waals surface area contributed by atoms with Crippen molar-refractivity contribution in [2.24, 2.45) is 0 Å². The number of aromatic nitrogens is 1. The number of hydrogen-bond acceptors (Lipinski definition) is 5. The molecule has 0 fully saturated rings. The summed E-state index contributed by atoms with van der Waals surface area (Å²) in [5, 5.41) is 12.0. The zero-order valence-electron chi connectivity index (χ0n) is 11.2. The second-order valence-electron chi connectivity index (χ2n) is 4.19. The molecule has 20 heavy (non-hydrogen) atoms. The second-order valence-corrected chi connectivity index (χ2v) is 4.19. The topological polar surface area (TPSA) is 75.0 Å². The van der Waals surface area contributed by atoms with Crippen molar-refractivity contribution in [3.63, 3.8) is 0 Å². The minimum atomic E-state index is -0.419. The molecule has 100 valence electrons. The molecule has 0 aliphatic heterocycles. The van der Waals surface area contributed by atoms with Crippen LogP contribution in [0.25, 0.3) is 0 Å². The smallest absolute Gasteiger partial charge is 0.338 e. The zero-order chi connectivity index (χ0) is 14.5. The Morgan fingerprint density at radius 3 is 2.85 bits per heavy atom. The lowest BCUT2D eigenvalue weighted by Crippen LogP contribution is -2.03. The Labute approximate surface area is 116 Å². The fourth-order valence-electron chi connectivity index (χ4n) is 1.71. The molecule has 0 atom stereocenters. The standard InChI is InChI=1S/C15H13N3O2/c1-10-3-4-11(9-16)7-13(10)18-14-8-12(5-6-17-14)15(19)20-2/h3-8H,1-2H3,(H,17,18). The van der Waals surface area contributed by atoms with Crippen LogP contribution >= 0.6 is 0 Å². The minimum Gasteiger partial charge on any atom is -0.465 e. The van der Waals surface area contributed by atoms with Crippen molar-refractivity contribution in [2.75, 3.05) is 12.4 Å². The van der Waals surface area contributed by atoms with E-state index >= 15 is 0 Å². The molecule has 2 aromatic rings. The van der Waals surface area contributed by atoms with Crippen LogP contribution in [0.1, 0.15) is 21.5 Å². The van der Waals surface area contributed by atoms with E-state index in [0.29, 0.717) is 16.9 Å². The van der Waals surface area contributed by atoms with Gasteiger partial charge >= 0.3 is 5.97 Å². The maximum absolute atomic E-state index is 11.5. The van der Waals surface area contributed by atoms with Crippen LogP contribution in [0.3, 0.4) is 0 Å². The van der Waals surface area contributed by atoms with E-state index in [9.17, 15) is 4.79 Å². The molecule has 0 saturated carbocycles. The Bertz CT molecular complexity index is 690. The molecule has 0 aliphatic carbocycles. The Morgan fingerprint density at radius 2 is 2.15 bits per heavy atom. The van der Waals surface area contributed by atoms with Gasteiger partial charge < -0.3 is 10.1 Å². The molecule has 5 heteroatoms. The SMILES string of the molecule is COC(=O)c1ccnc(Nc2cc(C#N)ccc2C)c1. The Kier molecular flexibility index (Phi) is 3.96. The van der Waals surface area contributed by atoms with Crippen LogP contribution in [0.2, 0.25) is 0 Å². The summed E-state index contributed by atoms with van der Waals surface area (Å²) in [6.45, 7) is 1.92. The van der Waals surface area contributed by atoms with Crippen LogP contribution in [0.15, 0.2) is 36.5 Å². The molecule has 0 radical (unpaired) electrons. The largest absolute Gasteiger partial charge is 0.465 e. The molecule has 1 aromatic carbocycles. The van der Waals surface area contributed by atoms with Crippen LogP contribution in [-0.4, -0.2) is 18.1 Å². The second kappa shape index (κ2) is 5.85. The van der Waals surface area contributed by atoms with E-state index in [4.69, 9.17) is 5.26 Å². The Balaban J connectivity index is 2.31. The number of nitrogens with zero attached hydrogens (tertiary/aromatic N) is 2. The van der Waals surface area contributed by atoms with E-state index in [2.05, 4.69) is 21.1 Å². The summed E-state index contributed by atoms with van der Waals surface area (Å²) >= 11 is 0. The summed E-state index contributed by atoms with van der Waals surface area (Å²) in [4.78, 5) is 15.6. The third kappa shape index (κ3) is 2.93. The molecular weight excluding hydrogens is 254 g/mol. The van der Waals surface area contributed by atoms with Crippen LogP contribution in [0, 0.1) is 18.3 Å². The van der Waals surface area contributed by atoms with Gasteiger partial charge in [-0.2, -0.15) is 5.26 Å². The van der Waals surface area contributed by atoms with Crippen LogP contribution in [0.5, 0.6) is 0 Å². The molecule has 0 aliphatic rings. The van der Waals surface area contributed by atoms with E-state index in [1.807, 2.05) is 13.0 Å². The lowest BCUT2D eigenvalue weighted by atomic mass is 10.1. The number of nitriles is 1. The minimum absolute atomic E-state index is 0.416. The van der Waals surface area contributed by atoms with E-state index in [1.54, 1.807) is 24.3 Å². The van der Waals surface area contributed by atoms with Crippen molar-refractivity contribution in [1.82, 2.24) is 4.98 Å². The number of methoxy groups -OCH3 is 1. The fourth-order valence-corrected chi connectivity index (χ4v) is 1.71. The first-order valence-electron chi connectivity index (χ1n) is 5.96. The number of pyridine rings is 1. The Hall–Kier alpha value is -2.87. The molecule has 0 unspecified atom stereocenters. The van der Waals surface area contributed by atoms with Gasteiger partial charge in [0.05, 0.1) is 24.3 Å². The van der Waals surface area contributed by atoms with Crippen molar-refractivity contribution in [3.8, 4) is 6.07 Å². The van der Waals surface area contributed by atoms with E-state index < -0.39 is 5.97 Å². The first-order valence-corrected chi connectivity index (χ1v) is 5.96. The van der Waals surface area contributed by atoms with Gasteiger partial charge in [-0.25, -0.2) is 9.78 Å². The average molecular weight is 267 g/mol. The maximum Gasteiger partial charge on any atom is 0.338 e. The number of carbonyl (C=O) groups is 1. The number of aryl methyl sites for hydroxylation is 1. The lowest BCUT2D eigenvalue weighted by molar-refractivity contribution is 0.0600. The highest BCUT2D eigenvalue weighted by Crippen LogP contribution is 2.21. The summed E-state index contributed by atoms with van der Waals surface area (Å²) in [7, 11) is 1.33. The molecule has 0 saturated heterocycles. The molecule has 0 bridgehead atoms. The van der Waals surface area contributed by atoms with Gasteiger partial charge in [-0.1, -0.05) is 6.07 Å². The number of ether oxygens (including phenoxy) is 1. The van der Waals surface area contributed by atoms with E-state index in [-0.39, 0.29) is 0 Å². The van der Waals surface area contributed by atoms with Crippen LogP contribution in [0.4, 0.5) is 11.5 Å². The third-order valence-corrected chi connectivity index (χ3v) is 2.81. The summed E-state index contributed by atoms with van der Waals surface area (Å²) < 4.78 is 4.66. The van der Waals surface area contributed by atoms with Gasteiger partial charge in [0.1, 0.15) is 5.82 Å². The summed E-state index contributed by atoms with van der Waals surface area (Å²) in [5.74, 6) is 0.101. The molecule has 1 aromatic heterocycles. The number of rotatable bonds is 3. The number of hydrogen-bond donors (Lipinski definition) is 1. The maximum atomic E-state index is 11.5. The molecule has 1 N–H and O–H groups in total. The van der Waals surface area contributed by atoms with Crippen LogP contribution in [-0.2, 0) is 4.74 Å². The first-order chi connectivity index (χ1) is 9.63. The molecule has 0 spiro atoms. The summed E-state index contributed by atoms with van der Waals surface area (Å²) in [5.41, 5.74) is 2.73. The first kappa shape index (κ1) is 13.6. The van der Waals surface area contributed by atoms with Gasteiger partial charge in [0.15, 0.2) is 0 Å². The predicted octanol–water partition coefficient (Wildman–Crippen LogP) is 2.79. The van der Waals surface area contributed by atoms with Gasteiger partial charge in [0.25, 0.3) is 0 Å². The van der Waals surface area contributed by atoms with Crippen LogP contribution < -0.4 is 5.32 Å². The molecule has 5 nitrogen and oxygen atoms in total. The van der Waals surface area contributed by atoms with Crippen molar-refractivity contribution >= 4 is 17.5 Å². The summed E-state index contributed by atoms with van der Waals surface area (Å²) in [6, 6.07) is 10.6. The highest BCUT2D eigenvalue weighted by molar-refractivity contribution is 5.90. The number of esters is 1. The van der Waals surface area contributed by atoms with Gasteiger partial charge in [-0.15, -0.1) is 0 Å². The monoisotopic (exact) mass is 267 g/mol. The predicted molar refractivity (Wildman–Crippen MR) is 74.8 cm³/mol. The van der Waals surface area contributed by atoms with Crippen molar-refractivity contribution in [2.45, 2.75) is 6.92 Å². The Morgan fingerprint density at radius 1 is 1.35 bits per heavy atom. The molecule has 2 rings (SSSR count). The fraction of sp³-hybridized carbons (Fsp3) is 0.133. The highest BCUT2D eigenvalue weighted by atomic mass is 16.5. The van der Waals surface area contributed by atoms with Crippen molar-refractivity contribution in [3.05, 3.63) is 53.2 Å². The number of benzene rings is 1. The van der Waals surface area contributed by atoms with Gasteiger partial charge in [0.2, 0.25) is 0 Å². The average Bonchev–Trinajstić information content (AvgIpc) is 2.49. The van der Waals surface area contributed by atoms with Crippen molar-refractivity contribution in [1.29, 1.82) is 5.26 Å². The van der Waals surface area contributed by atoms with E-state index in [0.717, 1.165) is 11.3 Å². The normalized spacial score (nSPS) is 9.65. The number of anilines is 2.